The van der Waals surface area contributed by atoms with Crippen molar-refractivity contribution in [3.05, 3.63) is 66.3 Å². The van der Waals surface area contributed by atoms with E-state index in [0.717, 1.165) is 44.7 Å². The number of nitrogens with one attached hydrogen (secondary N) is 1. The highest BCUT2D eigenvalue weighted by atomic mass is 32.2. The highest BCUT2D eigenvalue weighted by Crippen LogP contribution is 2.26. The van der Waals surface area contributed by atoms with Gasteiger partial charge in [-0.2, -0.15) is 0 Å². The van der Waals surface area contributed by atoms with Crippen molar-refractivity contribution < 1.29 is 9.53 Å². The summed E-state index contributed by atoms with van der Waals surface area (Å²) in [5, 5.41) is 8.63. The van der Waals surface area contributed by atoms with Gasteiger partial charge in [-0.05, 0) is 42.5 Å². The Morgan fingerprint density at radius 3 is 2.50 bits per heavy atom. The van der Waals surface area contributed by atoms with Crippen LogP contribution in [0, 0.1) is 11.3 Å². The smallest absolute Gasteiger partial charge is 0.214 e. The molecule has 1 saturated heterocycles. The molecular weight excluding hydrogens is 418 g/mol. The van der Waals surface area contributed by atoms with Gasteiger partial charge in [0.2, 0.25) is 5.91 Å². The third kappa shape index (κ3) is 13.3. The maximum Gasteiger partial charge on any atom is 0.214 e. The van der Waals surface area contributed by atoms with Crippen LogP contribution in [0.3, 0.4) is 0 Å². The van der Waals surface area contributed by atoms with E-state index < -0.39 is 0 Å². The van der Waals surface area contributed by atoms with Crippen molar-refractivity contribution in [3.8, 4) is 0 Å². The van der Waals surface area contributed by atoms with E-state index in [1.54, 1.807) is 18.0 Å². The van der Waals surface area contributed by atoms with Crippen LogP contribution in [0.5, 0.6) is 0 Å². The summed E-state index contributed by atoms with van der Waals surface area (Å²) in [6, 6.07) is 8.38. The van der Waals surface area contributed by atoms with E-state index in [9.17, 15) is 4.79 Å². The first-order chi connectivity index (χ1) is 15.4. The van der Waals surface area contributed by atoms with Gasteiger partial charge in [-0.25, -0.2) is 4.31 Å². The van der Waals surface area contributed by atoms with Crippen molar-refractivity contribution in [3.63, 3.8) is 0 Å². The fourth-order valence-electron chi connectivity index (χ4n) is 2.89. The summed E-state index contributed by atoms with van der Waals surface area (Å²) in [5.41, 5.74) is 7.56. The second-order valence-corrected chi connectivity index (χ2v) is 8.26. The maximum absolute atomic E-state index is 9.22. The molecule has 1 aromatic rings. The lowest BCUT2D eigenvalue weighted by molar-refractivity contribution is -0.115. The van der Waals surface area contributed by atoms with Crippen LogP contribution in [0.1, 0.15) is 53.0 Å². The molecule has 178 valence electrons. The van der Waals surface area contributed by atoms with Crippen molar-refractivity contribution >= 4 is 23.6 Å². The number of allylic oxidation sites excluding steroid dienone is 5. The summed E-state index contributed by atoms with van der Waals surface area (Å²) >= 11 is 1.77. The fraction of sp³-hybridized carbons (Fsp3) is 0.462. The molecule has 1 fully saturated rings. The second-order valence-electron chi connectivity index (χ2n) is 7.09. The van der Waals surface area contributed by atoms with Crippen LogP contribution < -0.4 is 5.73 Å². The van der Waals surface area contributed by atoms with E-state index in [0.29, 0.717) is 5.71 Å². The highest BCUT2D eigenvalue weighted by molar-refractivity contribution is 7.97. The Morgan fingerprint density at radius 1 is 1.31 bits per heavy atom. The summed E-state index contributed by atoms with van der Waals surface area (Å²) in [6.45, 7) is 16.8. The van der Waals surface area contributed by atoms with E-state index in [2.05, 4.69) is 60.8 Å². The number of carbonyl (C=O) groups is 1. The zero-order valence-electron chi connectivity index (χ0n) is 20.4. The molecule has 0 saturated carbocycles. The third-order valence-electron chi connectivity index (χ3n) is 4.44. The predicted octanol–water partition coefficient (Wildman–Crippen LogP) is 6.02. The van der Waals surface area contributed by atoms with Crippen molar-refractivity contribution in [1.29, 1.82) is 5.41 Å². The van der Waals surface area contributed by atoms with E-state index in [1.807, 2.05) is 26.0 Å². The zero-order chi connectivity index (χ0) is 24.4. The number of morpholine rings is 1. The number of amides is 1. The van der Waals surface area contributed by atoms with Crippen LogP contribution in [0.25, 0.3) is 0 Å². The molecule has 2 rings (SSSR count). The SMILES string of the molecule is C=C/C=C\C=C(\CC)CC(C)C(=N)c1cccc(SN2CCOCC2)c1.CC.CC(N)=O. The Morgan fingerprint density at radius 2 is 1.94 bits per heavy atom. The van der Waals surface area contributed by atoms with Gasteiger partial charge in [0.1, 0.15) is 0 Å². The number of hydrogen-bond donors (Lipinski definition) is 2. The molecule has 0 radical (unpaired) electrons. The Labute approximate surface area is 199 Å². The lowest BCUT2D eigenvalue weighted by Gasteiger charge is -2.25. The first kappa shape index (κ1) is 29.9. The van der Waals surface area contributed by atoms with Crippen LogP contribution in [0.4, 0.5) is 0 Å². The molecule has 5 nitrogen and oxygen atoms in total. The molecule has 1 unspecified atom stereocenters. The largest absolute Gasteiger partial charge is 0.379 e. The van der Waals surface area contributed by atoms with Gasteiger partial charge >= 0.3 is 0 Å². The topological polar surface area (TPSA) is 79.4 Å². The lowest BCUT2D eigenvalue weighted by atomic mass is 9.91. The van der Waals surface area contributed by atoms with Crippen LogP contribution in [0.2, 0.25) is 0 Å². The van der Waals surface area contributed by atoms with Crippen molar-refractivity contribution in [2.45, 2.75) is 52.4 Å². The summed E-state index contributed by atoms with van der Waals surface area (Å²) in [6.07, 6.45) is 9.83. The first-order valence-electron chi connectivity index (χ1n) is 11.3. The lowest BCUT2D eigenvalue weighted by Crippen LogP contribution is -2.30. The van der Waals surface area contributed by atoms with Gasteiger partial charge < -0.3 is 15.9 Å². The van der Waals surface area contributed by atoms with Crippen LogP contribution >= 0.6 is 11.9 Å². The van der Waals surface area contributed by atoms with E-state index in [4.69, 9.17) is 10.1 Å². The Hall–Kier alpha value is -2.15. The minimum Gasteiger partial charge on any atom is -0.379 e. The molecule has 0 bridgehead atoms. The third-order valence-corrected chi connectivity index (χ3v) is 5.53. The molecule has 3 N–H and O–H groups in total. The molecule has 1 aliphatic rings. The normalized spacial score (nSPS) is 15.1. The van der Waals surface area contributed by atoms with Gasteiger partial charge in [0.15, 0.2) is 0 Å². The molecule has 6 heteroatoms. The number of benzene rings is 1. The zero-order valence-corrected chi connectivity index (χ0v) is 21.2. The minimum absolute atomic E-state index is 0.196. The predicted molar refractivity (Wildman–Crippen MR) is 139 cm³/mol. The molecule has 0 spiro atoms. The van der Waals surface area contributed by atoms with Gasteiger partial charge in [-0.3, -0.25) is 4.79 Å². The van der Waals surface area contributed by atoms with Crippen molar-refractivity contribution in [2.75, 3.05) is 26.3 Å². The van der Waals surface area contributed by atoms with Gasteiger partial charge in [-0.1, -0.05) is 76.3 Å². The molecule has 1 heterocycles. The maximum atomic E-state index is 9.22. The van der Waals surface area contributed by atoms with Crippen LogP contribution in [0.15, 0.2) is 65.6 Å². The Kier molecular flexibility index (Phi) is 17.2. The van der Waals surface area contributed by atoms with Crippen molar-refractivity contribution in [2.24, 2.45) is 11.7 Å². The van der Waals surface area contributed by atoms with E-state index >= 15 is 0 Å². The van der Waals surface area contributed by atoms with Gasteiger partial charge in [0.05, 0.1) is 13.2 Å². The van der Waals surface area contributed by atoms with Gasteiger partial charge in [0.25, 0.3) is 0 Å². The molecule has 1 aliphatic heterocycles. The quantitative estimate of drug-likeness (QED) is 0.269. The van der Waals surface area contributed by atoms with Gasteiger partial charge in [-0.15, -0.1) is 0 Å². The second kappa shape index (κ2) is 18.4. The Balaban J connectivity index is 0.00000144. The molecule has 1 atom stereocenters. The number of primary amides is 1. The highest BCUT2D eigenvalue weighted by Gasteiger charge is 2.15. The number of nitrogens with two attached hydrogens (primary N) is 1. The first-order valence-corrected chi connectivity index (χ1v) is 12.1. The molecular formula is C26H41N3O2S. The number of carbonyl (C=O) groups excluding carboxylic acids is 1. The van der Waals surface area contributed by atoms with E-state index in [-0.39, 0.29) is 11.8 Å². The van der Waals surface area contributed by atoms with Crippen LogP contribution in [-0.2, 0) is 9.53 Å². The standard InChI is InChI=1S/C22H30N2OS.C2H5NO.C2H6/c1-4-6-7-9-19(5-2)16-18(3)22(23)20-10-8-11-21(17-20)26-24-12-14-25-15-13-24;1-2(3)4;1-2/h4,6-11,17-18,23H,1,5,12-16H2,2-3H3;1H3,(H2,3,4);1-2H3/b7-6-,19-9-,23-22?;;. The monoisotopic (exact) mass is 459 g/mol. The van der Waals surface area contributed by atoms with Gasteiger partial charge in [0, 0.05) is 36.5 Å². The number of ether oxygens (including phenoxy) is 1. The average Bonchev–Trinajstić information content (AvgIpc) is 2.79. The molecule has 0 aromatic heterocycles. The molecule has 1 aromatic carbocycles. The molecule has 32 heavy (non-hydrogen) atoms. The summed E-state index contributed by atoms with van der Waals surface area (Å²) in [7, 11) is 0. The number of hydrogen-bond acceptors (Lipinski definition) is 5. The van der Waals surface area contributed by atoms with Crippen LogP contribution in [-0.4, -0.2) is 42.2 Å². The van der Waals surface area contributed by atoms with Crippen molar-refractivity contribution in [1.82, 2.24) is 4.31 Å². The summed E-state index contributed by atoms with van der Waals surface area (Å²) in [5.74, 6) is -0.137. The average molecular weight is 460 g/mol. The minimum atomic E-state index is -0.333. The molecule has 0 aliphatic carbocycles. The molecule has 1 amide bonds. The van der Waals surface area contributed by atoms with E-state index in [1.165, 1.54) is 17.4 Å². The Bertz CT molecular complexity index is 749. The fourth-order valence-corrected chi connectivity index (χ4v) is 3.84. The number of rotatable bonds is 9. The summed E-state index contributed by atoms with van der Waals surface area (Å²) < 4.78 is 7.74. The number of nitrogens with zero attached hydrogens (tertiary/aromatic N) is 1. The summed E-state index contributed by atoms with van der Waals surface area (Å²) in [4.78, 5) is 10.4.